The topological polar surface area (TPSA) is 83.4 Å². The molecule has 27 heavy (non-hydrogen) atoms. The Balaban J connectivity index is 1.39. The largest absolute Gasteiger partial charge is 0.338 e. The van der Waals surface area contributed by atoms with E-state index in [2.05, 4.69) is 39.3 Å². The first-order valence-electron chi connectivity index (χ1n) is 9.39. The molecule has 0 unspecified atom stereocenters. The van der Waals surface area contributed by atoms with Crippen molar-refractivity contribution < 1.29 is 4.79 Å². The van der Waals surface area contributed by atoms with Gasteiger partial charge >= 0.3 is 0 Å². The summed E-state index contributed by atoms with van der Waals surface area (Å²) in [6, 6.07) is 10.5. The molecule has 0 saturated carbocycles. The third-order valence-corrected chi connectivity index (χ3v) is 5.30. The first-order valence-corrected chi connectivity index (χ1v) is 9.39. The number of carbonyl (C=O) groups is 1. The molecule has 0 radical (unpaired) electrons. The summed E-state index contributed by atoms with van der Waals surface area (Å²) in [7, 11) is 0. The Morgan fingerprint density at radius 3 is 2.70 bits per heavy atom. The number of nitrogens with zero attached hydrogens (tertiary/aromatic N) is 4. The highest BCUT2D eigenvalue weighted by atomic mass is 16.2. The quantitative estimate of drug-likeness (QED) is 0.768. The lowest BCUT2D eigenvalue weighted by atomic mass is 9.90. The van der Waals surface area contributed by atoms with Gasteiger partial charge in [0.1, 0.15) is 11.4 Å². The second-order valence-electron chi connectivity index (χ2n) is 7.18. The van der Waals surface area contributed by atoms with E-state index in [1.807, 2.05) is 6.07 Å². The van der Waals surface area contributed by atoms with E-state index < -0.39 is 5.56 Å². The fourth-order valence-electron chi connectivity index (χ4n) is 3.72. The fourth-order valence-corrected chi connectivity index (χ4v) is 3.72. The Kier molecular flexibility index (Phi) is 4.75. The first-order chi connectivity index (χ1) is 13.1. The van der Waals surface area contributed by atoms with Crippen LogP contribution in [0, 0.1) is 12.8 Å². The van der Waals surface area contributed by atoms with Crippen LogP contribution in [0.15, 0.2) is 41.3 Å². The lowest BCUT2D eigenvalue weighted by molar-refractivity contribution is 0.0684. The molecular formula is C20H23N5O2. The number of amides is 1. The number of aromatic nitrogens is 4. The predicted octanol–water partition coefficient (Wildman–Crippen LogP) is 2.21. The van der Waals surface area contributed by atoms with Gasteiger partial charge in [-0.1, -0.05) is 30.3 Å². The second-order valence-corrected chi connectivity index (χ2v) is 7.18. The van der Waals surface area contributed by atoms with E-state index in [0.717, 1.165) is 25.7 Å². The molecule has 3 heterocycles. The molecule has 1 fully saturated rings. The maximum Gasteiger partial charge on any atom is 0.286 e. The monoisotopic (exact) mass is 365 g/mol. The molecule has 4 rings (SSSR count). The predicted molar refractivity (Wildman–Crippen MR) is 102 cm³/mol. The zero-order chi connectivity index (χ0) is 18.8. The Morgan fingerprint density at radius 2 is 1.96 bits per heavy atom. The van der Waals surface area contributed by atoms with E-state index in [-0.39, 0.29) is 17.2 Å². The zero-order valence-corrected chi connectivity index (χ0v) is 15.4. The molecule has 7 nitrogen and oxygen atoms in total. The van der Waals surface area contributed by atoms with E-state index in [1.165, 1.54) is 16.3 Å². The van der Waals surface area contributed by atoms with Crippen molar-refractivity contribution in [2.75, 3.05) is 13.1 Å². The Morgan fingerprint density at radius 1 is 1.22 bits per heavy atom. The van der Waals surface area contributed by atoms with Crippen molar-refractivity contribution in [2.45, 2.75) is 32.6 Å². The highest BCUT2D eigenvalue weighted by Gasteiger charge is 2.26. The van der Waals surface area contributed by atoms with Crippen molar-refractivity contribution in [3.8, 4) is 0 Å². The molecule has 140 valence electrons. The summed E-state index contributed by atoms with van der Waals surface area (Å²) in [5.41, 5.74) is 1.06. The molecular weight excluding hydrogens is 342 g/mol. The van der Waals surface area contributed by atoms with Crippen LogP contribution in [-0.4, -0.2) is 43.5 Å². The van der Waals surface area contributed by atoms with E-state index in [4.69, 9.17) is 0 Å². The number of nitrogens with one attached hydrogen (secondary N) is 1. The van der Waals surface area contributed by atoms with Gasteiger partial charge in [0, 0.05) is 19.3 Å². The molecule has 0 aliphatic carbocycles. The number of H-pyrrole nitrogens is 1. The summed E-state index contributed by atoms with van der Waals surface area (Å²) < 4.78 is 1.23. The summed E-state index contributed by atoms with van der Waals surface area (Å²) in [6.07, 6.45) is 5.50. The summed E-state index contributed by atoms with van der Waals surface area (Å²) in [5, 5.41) is 2.82. The zero-order valence-electron chi connectivity index (χ0n) is 15.4. The molecule has 1 saturated heterocycles. The van der Waals surface area contributed by atoms with Gasteiger partial charge in [-0.3, -0.25) is 14.7 Å². The van der Waals surface area contributed by atoms with Gasteiger partial charge in [0.25, 0.3) is 17.2 Å². The van der Waals surface area contributed by atoms with Gasteiger partial charge in [-0.2, -0.15) is 9.50 Å². The third-order valence-electron chi connectivity index (χ3n) is 5.30. The average molecular weight is 365 g/mol. The van der Waals surface area contributed by atoms with Crippen molar-refractivity contribution in [3.63, 3.8) is 0 Å². The van der Waals surface area contributed by atoms with Gasteiger partial charge in [-0.15, -0.1) is 0 Å². The van der Waals surface area contributed by atoms with Gasteiger partial charge in [-0.25, -0.2) is 4.98 Å². The van der Waals surface area contributed by atoms with Crippen molar-refractivity contribution in [3.05, 3.63) is 63.8 Å². The van der Waals surface area contributed by atoms with Gasteiger partial charge in [-0.05, 0) is 44.1 Å². The molecule has 2 aromatic heterocycles. The Labute approximate surface area is 157 Å². The number of hydrogen-bond donors (Lipinski definition) is 1. The number of hydrogen-bond acceptors (Lipinski definition) is 4. The molecule has 1 N–H and O–H groups in total. The summed E-state index contributed by atoms with van der Waals surface area (Å²) in [6.45, 7) is 3.11. The van der Waals surface area contributed by atoms with Crippen molar-refractivity contribution in [1.29, 1.82) is 0 Å². The minimum Gasteiger partial charge on any atom is -0.338 e. The molecule has 1 aliphatic heterocycles. The van der Waals surface area contributed by atoms with Crippen molar-refractivity contribution in [1.82, 2.24) is 24.5 Å². The smallest absolute Gasteiger partial charge is 0.286 e. The summed E-state index contributed by atoms with van der Waals surface area (Å²) in [5.74, 6) is 1.25. The summed E-state index contributed by atoms with van der Waals surface area (Å²) in [4.78, 5) is 35.4. The van der Waals surface area contributed by atoms with Crippen LogP contribution in [0.25, 0.3) is 5.78 Å². The molecule has 7 heteroatoms. The minimum atomic E-state index is -0.392. The van der Waals surface area contributed by atoms with Crippen LogP contribution in [0.2, 0.25) is 0 Å². The molecule has 0 spiro atoms. The minimum absolute atomic E-state index is 0.0962. The maximum absolute atomic E-state index is 12.8. The van der Waals surface area contributed by atoms with Crippen LogP contribution in [0.4, 0.5) is 0 Å². The molecule has 1 aromatic carbocycles. The number of aryl methyl sites for hydroxylation is 2. The van der Waals surface area contributed by atoms with Crippen molar-refractivity contribution >= 4 is 11.7 Å². The van der Waals surface area contributed by atoms with Gasteiger partial charge in [0.15, 0.2) is 0 Å². The van der Waals surface area contributed by atoms with Crippen LogP contribution >= 0.6 is 0 Å². The van der Waals surface area contributed by atoms with E-state index >= 15 is 0 Å². The molecule has 0 atom stereocenters. The van der Waals surface area contributed by atoms with Gasteiger partial charge in [0.05, 0.1) is 0 Å². The average Bonchev–Trinajstić information content (AvgIpc) is 3.09. The van der Waals surface area contributed by atoms with Crippen LogP contribution in [0.1, 0.15) is 41.0 Å². The highest BCUT2D eigenvalue weighted by molar-refractivity contribution is 5.93. The number of carbonyl (C=O) groups excluding carboxylic acids is 1. The Bertz CT molecular complexity index is 1000. The lowest BCUT2D eigenvalue weighted by Gasteiger charge is -2.32. The number of piperidine rings is 1. The molecule has 3 aromatic rings. The summed E-state index contributed by atoms with van der Waals surface area (Å²) >= 11 is 0. The lowest BCUT2D eigenvalue weighted by Crippen LogP contribution is -2.41. The number of fused-ring (bicyclic) bond motifs is 1. The highest BCUT2D eigenvalue weighted by Crippen LogP contribution is 2.23. The molecule has 0 bridgehead atoms. The number of rotatable bonds is 4. The molecule has 1 amide bonds. The third kappa shape index (κ3) is 3.63. The number of likely N-dealkylation sites (tertiary alicyclic amines) is 1. The standard InChI is InChI=1S/C20H23N5O2/c1-14-22-20-21-13-17(19(27)25(20)23-14)18(26)24-11-9-16(10-12-24)8-7-15-5-3-2-4-6-15/h2-6,13,16H,7-12H2,1H3,(H,21,22,23). The SMILES string of the molecule is Cc1nc2ncc(C(=O)N3CCC(CCc4ccccc4)CC3)c(=O)n2[nH]1. The number of aromatic amines is 1. The molecule has 1 aliphatic rings. The number of benzene rings is 1. The van der Waals surface area contributed by atoms with E-state index in [1.54, 1.807) is 11.8 Å². The van der Waals surface area contributed by atoms with Crippen LogP contribution < -0.4 is 5.56 Å². The first kappa shape index (κ1) is 17.5. The van der Waals surface area contributed by atoms with Crippen molar-refractivity contribution in [2.24, 2.45) is 5.92 Å². The van der Waals surface area contributed by atoms with Crippen LogP contribution in [0.3, 0.4) is 0 Å². The van der Waals surface area contributed by atoms with Gasteiger partial charge in [0.2, 0.25) is 0 Å². The van der Waals surface area contributed by atoms with Crippen LogP contribution in [0.5, 0.6) is 0 Å². The maximum atomic E-state index is 12.8. The second kappa shape index (κ2) is 7.34. The van der Waals surface area contributed by atoms with E-state index in [0.29, 0.717) is 24.8 Å². The van der Waals surface area contributed by atoms with E-state index in [9.17, 15) is 9.59 Å². The van der Waals surface area contributed by atoms with Crippen LogP contribution in [-0.2, 0) is 6.42 Å². The fraction of sp³-hybridized carbons (Fsp3) is 0.400. The normalized spacial score (nSPS) is 15.4. The Hall–Kier alpha value is -2.96. The van der Waals surface area contributed by atoms with Gasteiger partial charge < -0.3 is 4.90 Å².